The van der Waals surface area contributed by atoms with E-state index in [-0.39, 0.29) is 12.2 Å². The number of rotatable bonds is 8. The van der Waals surface area contributed by atoms with Gasteiger partial charge in [0, 0.05) is 14.1 Å². The second-order valence-electron chi connectivity index (χ2n) is 7.25. The molecule has 0 radical (unpaired) electrons. The van der Waals surface area contributed by atoms with E-state index in [2.05, 4.69) is 5.32 Å². The van der Waals surface area contributed by atoms with Gasteiger partial charge in [0.1, 0.15) is 11.3 Å². The number of hydrogen-bond donors (Lipinski definition) is 1. The van der Waals surface area contributed by atoms with Crippen LogP contribution in [0.1, 0.15) is 12.5 Å². The van der Waals surface area contributed by atoms with E-state index in [0.29, 0.717) is 35.1 Å². The average molecular weight is 467 g/mol. The predicted molar refractivity (Wildman–Crippen MR) is 124 cm³/mol. The number of hydrogen-bond acceptors (Lipinski definition) is 7. The predicted octanol–water partition coefficient (Wildman–Crippen LogP) is 2.55. The van der Waals surface area contributed by atoms with E-state index in [1.165, 1.54) is 27.3 Å². The van der Waals surface area contributed by atoms with Crippen molar-refractivity contribution in [2.75, 3.05) is 39.7 Å². The third-order valence-electron chi connectivity index (χ3n) is 4.96. The summed E-state index contributed by atoms with van der Waals surface area (Å²) in [6.45, 7) is 1.82. The first-order valence-electron chi connectivity index (χ1n) is 10.4. The minimum Gasteiger partial charge on any atom is -0.495 e. The van der Waals surface area contributed by atoms with Gasteiger partial charge in [-0.1, -0.05) is 18.2 Å². The van der Waals surface area contributed by atoms with Gasteiger partial charge in [-0.2, -0.15) is 0 Å². The number of amides is 5. The first-order chi connectivity index (χ1) is 16.3. The van der Waals surface area contributed by atoms with Gasteiger partial charge in [0.25, 0.3) is 17.7 Å². The third kappa shape index (κ3) is 5.17. The monoisotopic (exact) mass is 467 g/mol. The zero-order valence-corrected chi connectivity index (χ0v) is 19.3. The molecule has 10 nitrogen and oxygen atoms in total. The summed E-state index contributed by atoms with van der Waals surface area (Å²) in [5.41, 5.74) is 0.847. The van der Waals surface area contributed by atoms with Crippen LogP contribution in [0.25, 0.3) is 6.08 Å². The first-order valence-corrected chi connectivity index (χ1v) is 10.4. The molecule has 5 amide bonds. The summed E-state index contributed by atoms with van der Waals surface area (Å²) >= 11 is 0. The molecule has 1 saturated heterocycles. The molecule has 2 aromatic rings. The van der Waals surface area contributed by atoms with Crippen molar-refractivity contribution in [2.45, 2.75) is 6.92 Å². The van der Waals surface area contributed by atoms with Crippen LogP contribution >= 0.6 is 0 Å². The molecule has 0 atom stereocenters. The summed E-state index contributed by atoms with van der Waals surface area (Å²) in [5.74, 6) is -0.626. The summed E-state index contributed by atoms with van der Waals surface area (Å²) in [5, 5.41) is 2.72. The molecule has 34 heavy (non-hydrogen) atoms. The Kier molecular flexibility index (Phi) is 7.52. The highest BCUT2D eigenvalue weighted by Crippen LogP contribution is 2.30. The molecule has 2 aromatic carbocycles. The molecule has 1 N–H and O–H groups in total. The van der Waals surface area contributed by atoms with Gasteiger partial charge in [0.2, 0.25) is 0 Å². The zero-order chi connectivity index (χ0) is 24.8. The number of ether oxygens (including phenoxy) is 3. The number of likely N-dealkylation sites (N-methyl/N-ethyl adjacent to an activating group) is 2. The number of imide groups is 2. The first kappa shape index (κ1) is 24.3. The third-order valence-corrected chi connectivity index (χ3v) is 4.96. The molecule has 0 unspecified atom stereocenters. The number of methoxy groups -OCH3 is 1. The summed E-state index contributed by atoms with van der Waals surface area (Å²) < 4.78 is 16.5. The highest BCUT2D eigenvalue weighted by atomic mass is 16.5. The summed E-state index contributed by atoms with van der Waals surface area (Å²) in [4.78, 5) is 50.9. The molecule has 0 saturated carbocycles. The van der Waals surface area contributed by atoms with E-state index >= 15 is 0 Å². The maximum Gasteiger partial charge on any atom is 0.333 e. The number of urea groups is 1. The van der Waals surface area contributed by atoms with Crippen LogP contribution in [-0.2, 0) is 14.4 Å². The van der Waals surface area contributed by atoms with Gasteiger partial charge in [-0.05, 0) is 42.8 Å². The second kappa shape index (κ2) is 10.5. The lowest BCUT2D eigenvalue weighted by molar-refractivity contribution is -0.134. The number of benzene rings is 2. The fraction of sp³-hybridized carbons (Fsp3) is 0.250. The fourth-order valence-corrected chi connectivity index (χ4v) is 3.22. The van der Waals surface area contributed by atoms with E-state index in [1.807, 2.05) is 0 Å². The van der Waals surface area contributed by atoms with Crippen molar-refractivity contribution in [1.29, 1.82) is 0 Å². The Morgan fingerprint density at radius 1 is 0.941 bits per heavy atom. The van der Waals surface area contributed by atoms with E-state index in [9.17, 15) is 19.2 Å². The van der Waals surface area contributed by atoms with Crippen molar-refractivity contribution in [3.63, 3.8) is 0 Å². The normalized spacial score (nSPS) is 13.6. The molecule has 3 rings (SSSR count). The molecular formula is C24H25N3O7. The van der Waals surface area contributed by atoms with E-state index in [0.717, 1.165) is 9.80 Å². The minimum absolute atomic E-state index is 0.156. The largest absolute Gasteiger partial charge is 0.495 e. The molecule has 1 aliphatic heterocycles. The Labute approximate surface area is 196 Å². The smallest absolute Gasteiger partial charge is 0.333 e. The lowest BCUT2D eigenvalue weighted by Gasteiger charge is -2.28. The summed E-state index contributed by atoms with van der Waals surface area (Å²) in [7, 11) is 4.12. The topological polar surface area (TPSA) is 114 Å². The molecular weight excluding hydrogens is 442 g/mol. The minimum atomic E-state index is -0.697. The molecule has 10 heteroatoms. The van der Waals surface area contributed by atoms with Gasteiger partial charge in [-0.15, -0.1) is 0 Å². The van der Waals surface area contributed by atoms with Crippen molar-refractivity contribution < 1.29 is 33.4 Å². The molecule has 1 aliphatic rings. The Hall–Kier alpha value is -4.34. The van der Waals surface area contributed by atoms with Gasteiger partial charge in [0.05, 0.1) is 19.4 Å². The van der Waals surface area contributed by atoms with Crippen LogP contribution in [0.15, 0.2) is 48.0 Å². The van der Waals surface area contributed by atoms with Crippen LogP contribution in [0.5, 0.6) is 17.2 Å². The molecule has 0 spiro atoms. The van der Waals surface area contributed by atoms with E-state index in [1.54, 1.807) is 49.4 Å². The van der Waals surface area contributed by atoms with Gasteiger partial charge < -0.3 is 19.5 Å². The quantitative estimate of drug-likeness (QED) is 0.469. The number of nitrogens with zero attached hydrogens (tertiary/aromatic N) is 2. The van der Waals surface area contributed by atoms with Gasteiger partial charge >= 0.3 is 6.03 Å². The SMILES string of the molecule is CCOc1cc(C=C2C(=O)N(C)C(=O)N(C)C2=O)ccc1OCC(=O)Nc1ccccc1OC. The van der Waals surface area contributed by atoms with E-state index < -0.39 is 23.8 Å². The average Bonchev–Trinajstić information content (AvgIpc) is 2.84. The van der Waals surface area contributed by atoms with Crippen molar-refractivity contribution in [3.05, 3.63) is 53.6 Å². The molecule has 178 valence electrons. The second-order valence-corrected chi connectivity index (χ2v) is 7.25. The van der Waals surface area contributed by atoms with Crippen LogP contribution < -0.4 is 19.5 Å². The maximum absolute atomic E-state index is 12.4. The van der Waals surface area contributed by atoms with Crippen molar-refractivity contribution in [2.24, 2.45) is 0 Å². The highest BCUT2D eigenvalue weighted by Gasteiger charge is 2.37. The summed E-state index contributed by atoms with van der Waals surface area (Å²) in [6.07, 6.45) is 1.38. The number of nitrogens with one attached hydrogen (secondary N) is 1. The zero-order valence-electron chi connectivity index (χ0n) is 19.3. The Bertz CT molecular complexity index is 1130. The standard InChI is InChI=1S/C24H25N3O7/c1-5-33-20-13-15(12-16-22(29)26(2)24(31)27(3)23(16)30)10-11-19(20)34-14-21(28)25-17-8-6-7-9-18(17)32-4/h6-13H,5,14H2,1-4H3,(H,25,28). The summed E-state index contributed by atoms with van der Waals surface area (Å²) in [6, 6.07) is 11.1. The Balaban J connectivity index is 1.77. The van der Waals surface area contributed by atoms with Crippen LogP contribution in [0.2, 0.25) is 0 Å². The number of anilines is 1. The number of carbonyl (C=O) groups excluding carboxylic acids is 4. The van der Waals surface area contributed by atoms with Crippen molar-refractivity contribution >= 4 is 35.5 Å². The van der Waals surface area contributed by atoms with Crippen molar-refractivity contribution in [3.8, 4) is 17.2 Å². The Morgan fingerprint density at radius 2 is 1.62 bits per heavy atom. The number of barbiturate groups is 1. The van der Waals surface area contributed by atoms with Gasteiger partial charge in [0.15, 0.2) is 18.1 Å². The van der Waals surface area contributed by atoms with Crippen LogP contribution in [0.3, 0.4) is 0 Å². The Morgan fingerprint density at radius 3 is 2.26 bits per heavy atom. The molecule has 0 aromatic heterocycles. The molecule has 0 bridgehead atoms. The maximum atomic E-state index is 12.4. The van der Waals surface area contributed by atoms with E-state index in [4.69, 9.17) is 14.2 Å². The van der Waals surface area contributed by atoms with Crippen LogP contribution in [-0.4, -0.2) is 68.0 Å². The van der Waals surface area contributed by atoms with Crippen molar-refractivity contribution in [1.82, 2.24) is 9.80 Å². The fourth-order valence-electron chi connectivity index (χ4n) is 3.22. The lowest BCUT2D eigenvalue weighted by Crippen LogP contribution is -2.52. The van der Waals surface area contributed by atoms with Crippen LogP contribution in [0.4, 0.5) is 10.5 Å². The molecule has 0 aliphatic carbocycles. The highest BCUT2D eigenvalue weighted by molar-refractivity contribution is 6.30. The van der Waals surface area contributed by atoms with Gasteiger partial charge in [-0.3, -0.25) is 24.2 Å². The molecule has 1 heterocycles. The van der Waals surface area contributed by atoms with Crippen LogP contribution in [0, 0.1) is 0 Å². The van der Waals surface area contributed by atoms with Gasteiger partial charge in [-0.25, -0.2) is 4.79 Å². The lowest BCUT2D eigenvalue weighted by atomic mass is 10.1. The molecule has 1 fully saturated rings. The number of para-hydroxylation sites is 2. The number of carbonyl (C=O) groups is 4.